The zero-order valence-corrected chi connectivity index (χ0v) is 5.24. The first-order chi connectivity index (χ1) is 4.77. The van der Waals surface area contributed by atoms with E-state index in [4.69, 9.17) is 4.52 Å². The molecule has 4 nitrogen and oxygen atoms in total. The summed E-state index contributed by atoms with van der Waals surface area (Å²) in [5, 5.41) is 7.92. The monoisotopic (exact) mass is 135 g/mol. The summed E-state index contributed by atoms with van der Waals surface area (Å²) in [5.41, 5.74) is 1.33. The lowest BCUT2D eigenvalue weighted by Gasteiger charge is -1.70. The van der Waals surface area contributed by atoms with E-state index in [0.717, 1.165) is 5.52 Å². The van der Waals surface area contributed by atoms with Crippen molar-refractivity contribution in [2.75, 3.05) is 0 Å². The first-order valence-electron chi connectivity index (χ1n) is 2.77. The molecule has 0 fully saturated rings. The Labute approximate surface area is 56.0 Å². The third kappa shape index (κ3) is 0.500. The molecule has 0 aliphatic carbocycles. The highest BCUT2D eigenvalue weighted by atomic mass is 16.5. The third-order valence-electron chi connectivity index (χ3n) is 1.25. The van der Waals surface area contributed by atoms with Gasteiger partial charge in [-0.25, -0.2) is 0 Å². The maximum Gasteiger partial charge on any atom is 0.153 e. The minimum Gasteiger partial charge on any atom is -0.357 e. The Hall–Kier alpha value is -1.58. The van der Waals surface area contributed by atoms with Gasteiger partial charge in [0.1, 0.15) is 10.9 Å². The summed E-state index contributed by atoms with van der Waals surface area (Å²) >= 11 is 0. The zero-order chi connectivity index (χ0) is 7.14. The number of rotatable bonds is 0. The Morgan fingerprint density at radius 3 is 3.00 bits per heavy atom. The molecule has 0 atom stereocenters. The second kappa shape index (κ2) is 1.47. The van der Waals surface area contributed by atoms with Crippen LogP contribution in [0, 0.1) is 0 Å². The van der Waals surface area contributed by atoms with E-state index in [1.807, 2.05) is 0 Å². The third-order valence-corrected chi connectivity index (χ3v) is 1.25. The molecule has 0 aromatic carbocycles. The van der Waals surface area contributed by atoms with Gasteiger partial charge in [-0.3, -0.25) is 0 Å². The zero-order valence-electron chi connectivity index (χ0n) is 5.24. The second-order valence-corrected chi connectivity index (χ2v) is 2.00. The van der Waals surface area contributed by atoms with Crippen molar-refractivity contribution >= 4 is 18.7 Å². The molecule has 0 saturated heterocycles. The largest absolute Gasteiger partial charge is 0.357 e. The van der Waals surface area contributed by atoms with Gasteiger partial charge in [0.2, 0.25) is 0 Å². The highest BCUT2D eigenvalue weighted by molar-refractivity contribution is 5.43. The summed E-state index contributed by atoms with van der Waals surface area (Å²) < 4.78 is 6.28. The van der Waals surface area contributed by atoms with Crippen LogP contribution in [0.5, 0.6) is 0 Å². The van der Waals surface area contributed by atoms with Gasteiger partial charge in [-0.05, 0) is 5.21 Å². The molecule has 0 spiro atoms. The predicted molar refractivity (Wildman–Crippen MR) is 35.5 cm³/mol. The molecule has 0 aliphatic rings. The van der Waals surface area contributed by atoms with Gasteiger partial charge in [0.05, 0.1) is 0 Å². The molecule has 0 N–H and O–H groups in total. The van der Waals surface area contributed by atoms with Crippen molar-refractivity contribution in [1.29, 1.82) is 0 Å². The first kappa shape index (κ1) is 5.22. The van der Waals surface area contributed by atoms with Crippen LogP contribution < -0.4 is 10.8 Å². The van der Waals surface area contributed by atoms with E-state index in [2.05, 4.69) is 23.5 Å². The number of nitrogens with zero attached hydrogens (tertiary/aromatic N) is 3. The van der Waals surface area contributed by atoms with Crippen LogP contribution in [0.3, 0.4) is 0 Å². The predicted octanol–water partition coefficient (Wildman–Crippen LogP) is -0.857. The molecule has 10 heavy (non-hydrogen) atoms. The van der Waals surface area contributed by atoms with Crippen molar-refractivity contribution in [2.45, 2.75) is 0 Å². The summed E-state index contributed by atoms with van der Waals surface area (Å²) in [4.78, 5) is 0. The molecule has 4 heteroatoms. The van der Waals surface area contributed by atoms with Gasteiger partial charge in [0.15, 0.2) is 5.42 Å². The summed E-state index contributed by atoms with van der Waals surface area (Å²) in [5.74, 6) is 0. The Balaban J connectivity index is 3.18. The van der Waals surface area contributed by atoms with Crippen molar-refractivity contribution in [3.8, 4) is 0 Å². The minimum atomic E-state index is 0.565. The lowest BCUT2D eigenvalue weighted by Crippen LogP contribution is -1.98. The maximum absolute atomic E-state index is 4.98. The first-order valence-corrected chi connectivity index (χ1v) is 2.77. The Kier molecular flexibility index (Phi) is 0.768. The van der Waals surface area contributed by atoms with Crippen LogP contribution in [0.15, 0.2) is 10.6 Å². The molecular weight excluding hydrogens is 130 g/mol. The maximum atomic E-state index is 4.98. The van der Waals surface area contributed by atoms with Gasteiger partial charge in [0, 0.05) is 6.07 Å². The van der Waals surface area contributed by atoms with E-state index in [-0.39, 0.29) is 0 Å². The fourth-order valence-corrected chi connectivity index (χ4v) is 0.800. The van der Waals surface area contributed by atoms with Crippen LogP contribution in [0.1, 0.15) is 0 Å². The number of hydrogen-bond donors (Lipinski definition) is 0. The number of aromatic nitrogens is 3. The molecule has 0 bridgehead atoms. The second-order valence-electron chi connectivity index (χ2n) is 2.00. The average Bonchev–Trinajstić information content (AvgIpc) is 2.35. The molecule has 0 aliphatic heterocycles. The molecule has 0 amide bonds. The highest BCUT2D eigenvalue weighted by Crippen LogP contribution is 1.85. The molecule has 50 valence electrons. The lowest BCUT2D eigenvalue weighted by molar-refractivity contribution is 0.311. The SMILES string of the molecule is C=c1cc2c(=C)nnn2o1. The van der Waals surface area contributed by atoms with E-state index in [1.165, 1.54) is 4.69 Å². The molecule has 2 aromatic rings. The highest BCUT2D eigenvalue weighted by Gasteiger charge is 1.98. The van der Waals surface area contributed by atoms with Gasteiger partial charge in [-0.1, -0.05) is 17.8 Å². The fraction of sp³-hybridized carbons (Fsp3) is 0. The van der Waals surface area contributed by atoms with E-state index >= 15 is 0 Å². The van der Waals surface area contributed by atoms with E-state index in [1.54, 1.807) is 6.07 Å². The standard InChI is InChI=1S/C6H5N3O/c1-4-3-6-5(2)7-8-9(6)10-4/h3H,1-2H2. The topological polar surface area (TPSA) is 43.3 Å². The average molecular weight is 135 g/mol. The van der Waals surface area contributed by atoms with Gasteiger partial charge < -0.3 is 4.52 Å². The smallest absolute Gasteiger partial charge is 0.153 e. The van der Waals surface area contributed by atoms with Gasteiger partial charge in [0.25, 0.3) is 0 Å². The van der Waals surface area contributed by atoms with Crippen LogP contribution in [-0.2, 0) is 0 Å². The van der Waals surface area contributed by atoms with Crippen LogP contribution in [-0.4, -0.2) is 15.0 Å². The van der Waals surface area contributed by atoms with Crippen LogP contribution >= 0.6 is 0 Å². The number of fused-ring (bicyclic) bond motifs is 1. The van der Waals surface area contributed by atoms with Gasteiger partial charge >= 0.3 is 0 Å². The molecule has 2 heterocycles. The Morgan fingerprint density at radius 1 is 1.50 bits per heavy atom. The van der Waals surface area contributed by atoms with E-state index < -0.39 is 0 Å². The summed E-state index contributed by atoms with van der Waals surface area (Å²) in [6.07, 6.45) is 0. The Bertz CT molecular complexity index is 453. The molecule has 0 unspecified atom stereocenters. The van der Waals surface area contributed by atoms with Crippen molar-refractivity contribution in [3.63, 3.8) is 0 Å². The lowest BCUT2D eigenvalue weighted by atomic mass is 10.5. The normalized spacial score (nSPS) is 10.8. The molecule has 0 radical (unpaired) electrons. The van der Waals surface area contributed by atoms with Crippen LogP contribution in [0.2, 0.25) is 0 Å². The summed E-state index contributed by atoms with van der Waals surface area (Å²) in [6.45, 7) is 7.23. The quantitative estimate of drug-likeness (QED) is 0.472. The van der Waals surface area contributed by atoms with Crippen LogP contribution in [0.25, 0.3) is 18.7 Å². The molecular formula is C6H5N3O. The van der Waals surface area contributed by atoms with E-state index in [0.29, 0.717) is 10.8 Å². The van der Waals surface area contributed by atoms with Gasteiger partial charge in [-0.2, -0.15) is 0 Å². The number of hydrogen-bond acceptors (Lipinski definition) is 3. The van der Waals surface area contributed by atoms with Crippen molar-refractivity contribution in [3.05, 3.63) is 16.8 Å². The van der Waals surface area contributed by atoms with Crippen molar-refractivity contribution in [2.24, 2.45) is 0 Å². The van der Waals surface area contributed by atoms with Crippen LogP contribution in [0.4, 0.5) is 0 Å². The van der Waals surface area contributed by atoms with Crippen molar-refractivity contribution < 1.29 is 4.52 Å². The minimum absolute atomic E-state index is 0.565. The van der Waals surface area contributed by atoms with E-state index in [9.17, 15) is 0 Å². The Morgan fingerprint density at radius 2 is 2.30 bits per heavy atom. The fourth-order valence-electron chi connectivity index (χ4n) is 0.800. The van der Waals surface area contributed by atoms with Gasteiger partial charge in [-0.15, -0.1) is 5.10 Å². The molecule has 2 rings (SSSR count). The molecule has 0 saturated carbocycles. The summed E-state index contributed by atoms with van der Waals surface area (Å²) in [6, 6.07) is 1.74. The van der Waals surface area contributed by atoms with Crippen molar-refractivity contribution in [1.82, 2.24) is 15.0 Å². The molecule has 2 aromatic heterocycles. The summed E-state index contributed by atoms with van der Waals surface area (Å²) in [7, 11) is 0.